The van der Waals surface area contributed by atoms with Gasteiger partial charge in [-0.05, 0) is 38.9 Å². The molecule has 0 saturated carbocycles. The van der Waals surface area contributed by atoms with Gasteiger partial charge in [0.25, 0.3) is 0 Å². The van der Waals surface area contributed by atoms with Crippen molar-refractivity contribution in [3.8, 4) is 0 Å². The molecule has 0 fully saturated rings. The van der Waals surface area contributed by atoms with Gasteiger partial charge in [-0.2, -0.15) is 0 Å². The van der Waals surface area contributed by atoms with Gasteiger partial charge in [0.1, 0.15) is 0 Å². The summed E-state index contributed by atoms with van der Waals surface area (Å²) in [4.78, 5) is 13.2. The Labute approximate surface area is 106 Å². The second kappa shape index (κ2) is 10.6. The Morgan fingerprint density at radius 1 is 1.06 bits per heavy atom. The van der Waals surface area contributed by atoms with Crippen LogP contribution in [0.5, 0.6) is 0 Å². The van der Waals surface area contributed by atoms with Gasteiger partial charge < -0.3 is 10.0 Å². The first kappa shape index (κ1) is 16.4. The normalized spacial score (nSPS) is 12.9. The predicted octanol–water partition coefficient (Wildman–Crippen LogP) is 3.39. The zero-order valence-corrected chi connectivity index (χ0v) is 11.7. The molecule has 1 N–H and O–H groups in total. The van der Waals surface area contributed by atoms with Gasteiger partial charge in [-0.25, -0.2) is 0 Å². The predicted molar refractivity (Wildman–Crippen MR) is 72.3 cm³/mol. The molecule has 0 aliphatic heterocycles. The van der Waals surface area contributed by atoms with Crippen LogP contribution in [0.15, 0.2) is 0 Å². The van der Waals surface area contributed by atoms with Crippen LogP contribution < -0.4 is 0 Å². The number of nitrogens with zero attached hydrogens (tertiary/aromatic N) is 1. The Hall–Kier alpha value is -0.570. The van der Waals surface area contributed by atoms with Crippen LogP contribution in [0.4, 0.5) is 0 Å². The lowest BCUT2D eigenvalue weighted by Crippen LogP contribution is -2.23. The van der Waals surface area contributed by atoms with Gasteiger partial charge in [0.2, 0.25) is 0 Å². The summed E-state index contributed by atoms with van der Waals surface area (Å²) in [5.41, 5.74) is 0. The summed E-state index contributed by atoms with van der Waals surface area (Å²) < 4.78 is 0. The minimum absolute atomic E-state index is 0.127. The van der Waals surface area contributed by atoms with Crippen molar-refractivity contribution in [2.24, 2.45) is 5.92 Å². The molecule has 0 aromatic rings. The largest absolute Gasteiger partial charge is 0.481 e. The quantitative estimate of drug-likeness (QED) is 0.565. The van der Waals surface area contributed by atoms with Gasteiger partial charge in [0, 0.05) is 0 Å². The zero-order valence-electron chi connectivity index (χ0n) is 11.7. The molecule has 1 unspecified atom stereocenters. The molecule has 17 heavy (non-hydrogen) atoms. The van der Waals surface area contributed by atoms with E-state index in [4.69, 9.17) is 5.11 Å². The first-order chi connectivity index (χ1) is 8.15. The fraction of sp³-hybridized carbons (Fsp3) is 0.929. The fourth-order valence-corrected chi connectivity index (χ4v) is 2.12. The Kier molecular flexibility index (Phi) is 10.2. The highest BCUT2D eigenvalue weighted by Gasteiger charge is 2.13. The smallest absolute Gasteiger partial charge is 0.306 e. The maximum absolute atomic E-state index is 10.8. The molecule has 0 aromatic heterocycles. The first-order valence-corrected chi connectivity index (χ1v) is 7.10. The number of unbranched alkanes of at least 4 members (excludes halogenated alkanes) is 3. The van der Waals surface area contributed by atoms with E-state index in [0.29, 0.717) is 0 Å². The van der Waals surface area contributed by atoms with Crippen molar-refractivity contribution in [2.75, 3.05) is 19.6 Å². The molecule has 3 nitrogen and oxygen atoms in total. The van der Waals surface area contributed by atoms with E-state index >= 15 is 0 Å². The van der Waals surface area contributed by atoms with Crippen molar-refractivity contribution in [1.29, 1.82) is 0 Å². The number of carboxylic acids is 1. The van der Waals surface area contributed by atoms with Crippen molar-refractivity contribution in [3.05, 3.63) is 0 Å². The van der Waals surface area contributed by atoms with Gasteiger partial charge in [0.15, 0.2) is 0 Å². The number of rotatable bonds is 11. The van der Waals surface area contributed by atoms with Gasteiger partial charge >= 0.3 is 5.97 Å². The molecule has 0 aromatic carbocycles. The maximum atomic E-state index is 10.8. The fourth-order valence-electron chi connectivity index (χ4n) is 2.12. The standard InChI is InChI=1S/C14H29NO2/c1-4-13(14(16)17)11-9-7-8-10-12-15(5-2)6-3/h13H,4-12H2,1-3H3,(H,16,17). The number of hydrogen-bond acceptors (Lipinski definition) is 2. The first-order valence-electron chi connectivity index (χ1n) is 7.10. The molecule has 0 saturated heterocycles. The van der Waals surface area contributed by atoms with Crippen molar-refractivity contribution < 1.29 is 9.90 Å². The highest BCUT2D eigenvalue weighted by molar-refractivity contribution is 5.69. The van der Waals surface area contributed by atoms with Gasteiger partial charge in [-0.15, -0.1) is 0 Å². The molecule has 0 aliphatic rings. The van der Waals surface area contributed by atoms with E-state index in [1.807, 2.05) is 6.92 Å². The van der Waals surface area contributed by atoms with E-state index in [1.165, 1.54) is 25.8 Å². The van der Waals surface area contributed by atoms with E-state index in [1.54, 1.807) is 0 Å². The van der Waals surface area contributed by atoms with Crippen molar-refractivity contribution in [1.82, 2.24) is 4.90 Å². The molecule has 0 radical (unpaired) electrons. The van der Waals surface area contributed by atoms with E-state index < -0.39 is 5.97 Å². The number of aliphatic carboxylic acids is 1. The molecule has 0 heterocycles. The lowest BCUT2D eigenvalue weighted by molar-refractivity contribution is -0.142. The van der Waals surface area contributed by atoms with Crippen molar-refractivity contribution in [3.63, 3.8) is 0 Å². The third-order valence-corrected chi connectivity index (χ3v) is 3.51. The van der Waals surface area contributed by atoms with Crippen molar-refractivity contribution >= 4 is 5.97 Å². The highest BCUT2D eigenvalue weighted by Crippen LogP contribution is 2.14. The minimum atomic E-state index is -0.629. The second-order valence-electron chi connectivity index (χ2n) is 4.67. The monoisotopic (exact) mass is 243 g/mol. The summed E-state index contributed by atoms with van der Waals surface area (Å²) in [5.74, 6) is -0.756. The average Bonchev–Trinajstić information content (AvgIpc) is 2.32. The SMILES string of the molecule is CCC(CCCCCCN(CC)CC)C(=O)O. The van der Waals surface area contributed by atoms with Crippen LogP contribution in [0.2, 0.25) is 0 Å². The molecule has 1 atom stereocenters. The van der Waals surface area contributed by atoms with E-state index in [0.717, 1.165) is 32.4 Å². The lowest BCUT2D eigenvalue weighted by atomic mass is 9.98. The highest BCUT2D eigenvalue weighted by atomic mass is 16.4. The Balaban J connectivity index is 3.42. The van der Waals surface area contributed by atoms with Crippen LogP contribution in [0.25, 0.3) is 0 Å². The van der Waals surface area contributed by atoms with Crippen LogP contribution in [0.1, 0.15) is 59.3 Å². The van der Waals surface area contributed by atoms with Crippen LogP contribution in [-0.2, 0) is 4.79 Å². The topological polar surface area (TPSA) is 40.5 Å². The average molecular weight is 243 g/mol. The molecular weight excluding hydrogens is 214 g/mol. The summed E-state index contributed by atoms with van der Waals surface area (Å²) in [6, 6.07) is 0. The summed E-state index contributed by atoms with van der Waals surface area (Å²) >= 11 is 0. The molecule has 102 valence electrons. The third kappa shape index (κ3) is 8.19. The van der Waals surface area contributed by atoms with Crippen LogP contribution in [0.3, 0.4) is 0 Å². The molecule has 0 bridgehead atoms. The van der Waals surface area contributed by atoms with Crippen LogP contribution >= 0.6 is 0 Å². The summed E-state index contributed by atoms with van der Waals surface area (Å²) in [6.45, 7) is 9.80. The molecular formula is C14H29NO2. The minimum Gasteiger partial charge on any atom is -0.481 e. The number of carbonyl (C=O) groups is 1. The summed E-state index contributed by atoms with van der Waals surface area (Å²) in [7, 11) is 0. The number of carboxylic acid groups (broad SMARTS) is 1. The maximum Gasteiger partial charge on any atom is 0.306 e. The van der Waals surface area contributed by atoms with Gasteiger partial charge in [-0.1, -0.05) is 40.0 Å². The van der Waals surface area contributed by atoms with Crippen LogP contribution in [-0.4, -0.2) is 35.6 Å². The van der Waals surface area contributed by atoms with Gasteiger partial charge in [-0.3, -0.25) is 4.79 Å². The third-order valence-electron chi connectivity index (χ3n) is 3.51. The number of hydrogen-bond donors (Lipinski definition) is 1. The molecule has 3 heteroatoms. The molecule has 0 aliphatic carbocycles. The summed E-state index contributed by atoms with van der Waals surface area (Å²) in [5, 5.41) is 8.91. The second-order valence-corrected chi connectivity index (χ2v) is 4.67. The zero-order chi connectivity index (χ0) is 13.1. The Morgan fingerprint density at radius 2 is 1.65 bits per heavy atom. The molecule has 0 rings (SSSR count). The van der Waals surface area contributed by atoms with Crippen molar-refractivity contribution in [2.45, 2.75) is 59.3 Å². The lowest BCUT2D eigenvalue weighted by Gasteiger charge is -2.17. The van der Waals surface area contributed by atoms with E-state index in [2.05, 4.69) is 18.7 Å². The van der Waals surface area contributed by atoms with E-state index in [9.17, 15) is 4.79 Å². The molecule has 0 spiro atoms. The Morgan fingerprint density at radius 3 is 2.12 bits per heavy atom. The van der Waals surface area contributed by atoms with E-state index in [-0.39, 0.29) is 5.92 Å². The Bertz CT molecular complexity index is 191. The molecule has 0 amide bonds. The van der Waals surface area contributed by atoms with Gasteiger partial charge in [0.05, 0.1) is 5.92 Å². The van der Waals surface area contributed by atoms with Crippen LogP contribution in [0, 0.1) is 5.92 Å². The summed E-state index contributed by atoms with van der Waals surface area (Å²) in [6.07, 6.45) is 6.30.